The van der Waals surface area contributed by atoms with Crippen molar-refractivity contribution in [1.29, 1.82) is 0 Å². The van der Waals surface area contributed by atoms with Crippen molar-refractivity contribution in [3.05, 3.63) is 23.8 Å². The number of nitrogens with zero attached hydrogens (tertiary/aromatic N) is 2. The summed E-state index contributed by atoms with van der Waals surface area (Å²) in [5.41, 5.74) is 1.13. The summed E-state index contributed by atoms with van der Waals surface area (Å²) < 4.78 is 0. The molecule has 96 valence electrons. The third-order valence-electron chi connectivity index (χ3n) is 2.88. The monoisotopic (exact) mass is 235 g/mol. The first-order valence-corrected chi connectivity index (χ1v) is 6.66. The van der Waals surface area contributed by atoms with Crippen LogP contribution in [0.3, 0.4) is 0 Å². The summed E-state index contributed by atoms with van der Waals surface area (Å²) in [5.74, 6) is 1.64. The molecule has 0 radical (unpaired) electrons. The predicted octanol–water partition coefficient (Wildman–Crippen LogP) is 3.26. The highest BCUT2D eigenvalue weighted by Crippen LogP contribution is 2.19. The molecule has 0 bridgehead atoms. The van der Waals surface area contributed by atoms with Crippen molar-refractivity contribution in [3.63, 3.8) is 0 Å². The molecular formula is C14H25N3. The van der Waals surface area contributed by atoms with Gasteiger partial charge in [-0.3, -0.25) is 0 Å². The number of hydrogen-bond acceptors (Lipinski definition) is 3. The first kappa shape index (κ1) is 14.1. The van der Waals surface area contributed by atoms with Gasteiger partial charge in [-0.15, -0.1) is 0 Å². The second kappa shape index (κ2) is 7.38. The largest absolute Gasteiger partial charge is 0.309 e. The van der Waals surface area contributed by atoms with Gasteiger partial charge in [0.1, 0.15) is 5.82 Å². The smallest absolute Gasteiger partial charge is 0.125 e. The van der Waals surface area contributed by atoms with Crippen molar-refractivity contribution in [2.75, 3.05) is 6.54 Å². The zero-order chi connectivity index (χ0) is 12.7. The van der Waals surface area contributed by atoms with Gasteiger partial charge in [0.15, 0.2) is 0 Å². The third kappa shape index (κ3) is 5.26. The van der Waals surface area contributed by atoms with Crippen LogP contribution in [0.25, 0.3) is 0 Å². The minimum absolute atomic E-state index is 0.375. The Bertz CT molecular complexity index is 323. The Morgan fingerprint density at radius 2 is 2.06 bits per heavy atom. The van der Waals surface area contributed by atoms with E-state index in [0.29, 0.717) is 6.04 Å². The van der Waals surface area contributed by atoms with Crippen molar-refractivity contribution in [2.45, 2.75) is 53.0 Å². The van der Waals surface area contributed by atoms with E-state index in [0.717, 1.165) is 30.4 Å². The van der Waals surface area contributed by atoms with Gasteiger partial charge in [-0.25, -0.2) is 9.97 Å². The van der Waals surface area contributed by atoms with E-state index < -0.39 is 0 Å². The van der Waals surface area contributed by atoms with Crippen molar-refractivity contribution in [2.24, 2.45) is 5.92 Å². The molecule has 0 aliphatic heterocycles. The summed E-state index contributed by atoms with van der Waals surface area (Å²) in [4.78, 5) is 8.67. The van der Waals surface area contributed by atoms with E-state index in [1.54, 1.807) is 0 Å². The van der Waals surface area contributed by atoms with Crippen molar-refractivity contribution in [3.8, 4) is 0 Å². The molecule has 0 saturated carbocycles. The Kier molecular flexibility index (Phi) is 6.12. The van der Waals surface area contributed by atoms with Crippen molar-refractivity contribution in [1.82, 2.24) is 15.3 Å². The maximum Gasteiger partial charge on any atom is 0.125 e. The molecule has 0 aromatic carbocycles. The molecular weight excluding hydrogens is 210 g/mol. The Balaban J connectivity index is 2.58. The van der Waals surface area contributed by atoms with Crippen LogP contribution >= 0.6 is 0 Å². The molecule has 0 aliphatic carbocycles. The first-order chi connectivity index (χ1) is 8.13. The van der Waals surface area contributed by atoms with Gasteiger partial charge in [-0.1, -0.05) is 33.6 Å². The van der Waals surface area contributed by atoms with E-state index in [9.17, 15) is 0 Å². The summed E-state index contributed by atoms with van der Waals surface area (Å²) in [7, 11) is 0. The standard InChI is InChI=1S/C14H25N3/c1-5-15-13(8-6-7-11(2)3)14-9-10-16-12(4)17-14/h9-11,13,15H,5-8H2,1-4H3. The fraction of sp³-hybridized carbons (Fsp3) is 0.714. The lowest BCUT2D eigenvalue weighted by Crippen LogP contribution is -2.22. The molecule has 1 unspecified atom stereocenters. The van der Waals surface area contributed by atoms with E-state index in [4.69, 9.17) is 0 Å². The lowest BCUT2D eigenvalue weighted by atomic mass is 10.0. The van der Waals surface area contributed by atoms with Crippen LogP contribution in [0.2, 0.25) is 0 Å². The molecule has 17 heavy (non-hydrogen) atoms. The van der Waals surface area contributed by atoms with E-state index in [1.807, 2.05) is 19.2 Å². The van der Waals surface area contributed by atoms with Gasteiger partial charge >= 0.3 is 0 Å². The Hall–Kier alpha value is -0.960. The fourth-order valence-corrected chi connectivity index (χ4v) is 2.00. The molecule has 1 aromatic heterocycles. The maximum absolute atomic E-state index is 4.52. The van der Waals surface area contributed by atoms with Crippen molar-refractivity contribution < 1.29 is 0 Å². The fourth-order valence-electron chi connectivity index (χ4n) is 2.00. The zero-order valence-corrected chi connectivity index (χ0v) is 11.5. The molecule has 0 aliphatic rings. The normalized spacial score (nSPS) is 13.0. The molecule has 0 spiro atoms. The minimum atomic E-state index is 0.375. The van der Waals surface area contributed by atoms with Crippen LogP contribution in [0.4, 0.5) is 0 Å². The lowest BCUT2D eigenvalue weighted by molar-refractivity contribution is 0.447. The Labute approximate surface area is 105 Å². The van der Waals surface area contributed by atoms with E-state index in [1.165, 1.54) is 12.8 Å². The molecule has 0 fully saturated rings. The summed E-state index contributed by atoms with van der Waals surface area (Å²) >= 11 is 0. The average Bonchev–Trinajstić information content (AvgIpc) is 2.27. The van der Waals surface area contributed by atoms with Gasteiger partial charge < -0.3 is 5.32 Å². The van der Waals surface area contributed by atoms with Crippen molar-refractivity contribution >= 4 is 0 Å². The number of aromatic nitrogens is 2. The second-order valence-electron chi connectivity index (χ2n) is 4.96. The molecule has 1 atom stereocenters. The SMILES string of the molecule is CCNC(CCCC(C)C)c1ccnc(C)n1. The predicted molar refractivity (Wildman–Crippen MR) is 71.9 cm³/mol. The number of rotatable bonds is 7. The maximum atomic E-state index is 4.52. The highest BCUT2D eigenvalue weighted by molar-refractivity contribution is 5.07. The van der Waals surface area contributed by atoms with Crippen LogP contribution < -0.4 is 5.32 Å². The molecule has 1 N–H and O–H groups in total. The van der Waals surface area contributed by atoms with Crippen LogP contribution in [0.5, 0.6) is 0 Å². The van der Waals surface area contributed by atoms with E-state index >= 15 is 0 Å². The molecule has 0 saturated heterocycles. The zero-order valence-electron chi connectivity index (χ0n) is 11.5. The minimum Gasteiger partial charge on any atom is -0.309 e. The second-order valence-corrected chi connectivity index (χ2v) is 4.96. The molecule has 3 nitrogen and oxygen atoms in total. The molecule has 0 amide bonds. The van der Waals surface area contributed by atoms with Gasteiger partial charge in [0.2, 0.25) is 0 Å². The Morgan fingerprint density at radius 1 is 1.29 bits per heavy atom. The summed E-state index contributed by atoms with van der Waals surface area (Å²) in [6, 6.07) is 2.40. The molecule has 1 rings (SSSR count). The number of nitrogens with one attached hydrogen (secondary N) is 1. The van der Waals surface area contributed by atoms with Crippen LogP contribution in [-0.2, 0) is 0 Å². The topological polar surface area (TPSA) is 37.8 Å². The van der Waals surface area contributed by atoms with Gasteiger partial charge in [0.25, 0.3) is 0 Å². The number of aryl methyl sites for hydroxylation is 1. The van der Waals surface area contributed by atoms with Gasteiger partial charge in [0, 0.05) is 12.2 Å². The van der Waals surface area contributed by atoms with Gasteiger partial charge in [0.05, 0.1) is 5.69 Å². The summed E-state index contributed by atoms with van der Waals surface area (Å²) in [6.07, 6.45) is 5.54. The highest BCUT2D eigenvalue weighted by atomic mass is 15.0. The van der Waals surface area contributed by atoms with Crippen LogP contribution in [0.1, 0.15) is 57.6 Å². The third-order valence-corrected chi connectivity index (χ3v) is 2.88. The molecule has 3 heteroatoms. The van der Waals surface area contributed by atoms with Gasteiger partial charge in [-0.05, 0) is 31.9 Å². The summed E-state index contributed by atoms with van der Waals surface area (Å²) in [6.45, 7) is 9.62. The van der Waals surface area contributed by atoms with Crippen LogP contribution in [-0.4, -0.2) is 16.5 Å². The molecule has 1 aromatic rings. The highest BCUT2D eigenvalue weighted by Gasteiger charge is 2.11. The van der Waals surface area contributed by atoms with Gasteiger partial charge in [-0.2, -0.15) is 0 Å². The van der Waals surface area contributed by atoms with Crippen LogP contribution in [0, 0.1) is 12.8 Å². The van der Waals surface area contributed by atoms with Crippen LogP contribution in [0.15, 0.2) is 12.3 Å². The lowest BCUT2D eigenvalue weighted by Gasteiger charge is -2.18. The first-order valence-electron chi connectivity index (χ1n) is 6.66. The average molecular weight is 235 g/mol. The molecule has 1 heterocycles. The van der Waals surface area contributed by atoms with E-state index in [2.05, 4.69) is 36.1 Å². The van der Waals surface area contributed by atoms with E-state index in [-0.39, 0.29) is 0 Å². The number of hydrogen-bond donors (Lipinski definition) is 1. The Morgan fingerprint density at radius 3 is 2.65 bits per heavy atom. The summed E-state index contributed by atoms with van der Waals surface area (Å²) in [5, 5.41) is 3.51. The quantitative estimate of drug-likeness (QED) is 0.788.